The Bertz CT molecular complexity index is 814. The van der Waals surface area contributed by atoms with E-state index in [9.17, 15) is 4.79 Å². The molecule has 5 fully saturated rings. The molecule has 0 aliphatic heterocycles. The van der Waals surface area contributed by atoms with Crippen LogP contribution in [-0.2, 0) is 9.53 Å². The third-order valence-corrected chi connectivity index (χ3v) is 12.9. The first-order valence-corrected chi connectivity index (χ1v) is 14.3. The number of rotatable bonds is 6. The molecule has 5 rings (SSSR count). The van der Waals surface area contributed by atoms with E-state index in [1.54, 1.807) is 6.92 Å². The molecule has 5 aliphatic rings. The van der Waals surface area contributed by atoms with E-state index in [-0.39, 0.29) is 12.1 Å². The number of esters is 1. The fraction of sp³-hybridized carbons (Fsp3) is 0.903. The van der Waals surface area contributed by atoms with Crippen LogP contribution in [0.2, 0.25) is 0 Å². The molecule has 5 aliphatic carbocycles. The average Bonchev–Trinajstić information content (AvgIpc) is 3.33. The Morgan fingerprint density at radius 2 is 1.73 bits per heavy atom. The highest BCUT2D eigenvalue weighted by molar-refractivity contribution is 5.66. The Hall–Kier alpha value is -0.790. The van der Waals surface area contributed by atoms with Gasteiger partial charge in [-0.05, 0) is 128 Å². The van der Waals surface area contributed by atoms with E-state index in [0.717, 1.165) is 36.5 Å². The Kier molecular flexibility index (Phi) is 5.70. The summed E-state index contributed by atoms with van der Waals surface area (Å²) in [4.78, 5) is 11.6. The second-order valence-corrected chi connectivity index (χ2v) is 14.1. The maximum absolute atomic E-state index is 11.6. The van der Waals surface area contributed by atoms with Crippen molar-refractivity contribution in [3.05, 3.63) is 12.2 Å². The summed E-state index contributed by atoms with van der Waals surface area (Å²) in [5, 5.41) is 0. The number of fused-ring (bicyclic) bond motifs is 2. The molecule has 33 heavy (non-hydrogen) atoms. The molecule has 0 heterocycles. The van der Waals surface area contributed by atoms with Gasteiger partial charge < -0.3 is 4.74 Å². The highest BCUT2D eigenvalue weighted by Gasteiger charge is 2.80. The average molecular weight is 455 g/mol. The minimum absolute atomic E-state index is 0.0841. The van der Waals surface area contributed by atoms with Gasteiger partial charge in [0.2, 0.25) is 0 Å². The molecule has 2 nitrogen and oxygen atoms in total. The summed E-state index contributed by atoms with van der Waals surface area (Å²) in [5.74, 6) is 3.95. The fourth-order valence-corrected chi connectivity index (χ4v) is 10.8. The molecule has 0 saturated heterocycles. The Balaban J connectivity index is 1.32. The lowest BCUT2D eigenvalue weighted by Gasteiger charge is -2.61. The predicted octanol–water partition coefficient (Wildman–Crippen LogP) is 8.35. The van der Waals surface area contributed by atoms with Gasteiger partial charge in [0.1, 0.15) is 6.10 Å². The largest absolute Gasteiger partial charge is 0.463 e. The molecule has 0 aromatic rings. The van der Waals surface area contributed by atoms with Gasteiger partial charge in [0.05, 0.1) is 0 Å². The van der Waals surface area contributed by atoms with Crippen LogP contribution in [0.15, 0.2) is 12.2 Å². The number of ether oxygens (including phenoxy) is 1. The van der Waals surface area contributed by atoms with Crippen LogP contribution in [-0.4, -0.2) is 12.1 Å². The Morgan fingerprint density at radius 1 is 0.970 bits per heavy atom. The van der Waals surface area contributed by atoms with Gasteiger partial charge in [-0.3, -0.25) is 4.79 Å². The second-order valence-electron chi connectivity index (χ2n) is 14.1. The first kappa shape index (κ1) is 23.9. The van der Waals surface area contributed by atoms with E-state index in [1.165, 1.54) is 69.8 Å². The van der Waals surface area contributed by atoms with E-state index < -0.39 is 0 Å². The van der Waals surface area contributed by atoms with Crippen LogP contribution in [0.4, 0.5) is 0 Å². The van der Waals surface area contributed by atoms with E-state index in [4.69, 9.17) is 4.74 Å². The minimum Gasteiger partial charge on any atom is -0.463 e. The molecule has 0 unspecified atom stereocenters. The second kappa shape index (κ2) is 7.86. The van der Waals surface area contributed by atoms with Gasteiger partial charge >= 0.3 is 5.97 Å². The van der Waals surface area contributed by atoms with Gasteiger partial charge in [0, 0.05) is 6.92 Å². The van der Waals surface area contributed by atoms with Crippen molar-refractivity contribution in [2.45, 2.75) is 125 Å². The van der Waals surface area contributed by atoms with Crippen molar-refractivity contribution in [3.8, 4) is 0 Å². The van der Waals surface area contributed by atoms with E-state index >= 15 is 0 Å². The van der Waals surface area contributed by atoms with Crippen LogP contribution in [0.1, 0.15) is 119 Å². The summed E-state index contributed by atoms with van der Waals surface area (Å²) in [7, 11) is 0. The minimum atomic E-state index is -0.0841. The van der Waals surface area contributed by atoms with Crippen molar-refractivity contribution in [1.29, 1.82) is 0 Å². The first-order valence-electron chi connectivity index (χ1n) is 14.3. The molecular formula is C31H50O2. The molecule has 0 amide bonds. The van der Waals surface area contributed by atoms with E-state index in [2.05, 4.69) is 41.2 Å². The molecule has 0 aromatic heterocycles. The van der Waals surface area contributed by atoms with Crippen LogP contribution in [0.3, 0.4) is 0 Å². The number of allylic oxidation sites excluding steroid dienone is 1. The first-order chi connectivity index (χ1) is 15.5. The van der Waals surface area contributed by atoms with Crippen LogP contribution in [0.25, 0.3) is 0 Å². The molecule has 0 aromatic carbocycles. The predicted molar refractivity (Wildman–Crippen MR) is 136 cm³/mol. The summed E-state index contributed by atoms with van der Waals surface area (Å²) < 4.78 is 5.69. The van der Waals surface area contributed by atoms with Gasteiger partial charge in [-0.2, -0.15) is 0 Å². The van der Waals surface area contributed by atoms with Crippen molar-refractivity contribution in [3.63, 3.8) is 0 Å². The summed E-state index contributed by atoms with van der Waals surface area (Å²) in [6.45, 7) is 18.5. The Morgan fingerprint density at radius 3 is 2.42 bits per heavy atom. The van der Waals surface area contributed by atoms with Crippen molar-refractivity contribution >= 4 is 5.97 Å². The number of hydrogen-bond acceptors (Lipinski definition) is 2. The standard InChI is InChI=1S/C31H50O2/c1-20(2)21(3)8-9-22(4)26-13-14-29(7)27-11-10-24-18-25(33-23(5)32)12-15-30(24)19-31(27,30)17-16-28(26,29)6/h20,22,24-27H,3,8-19H2,1-2,4-7H3/t22-,24+,25+,26-,27+,28-,29+,30-,31+/m1/s1. The normalized spacial score (nSPS) is 48.8. The highest BCUT2D eigenvalue weighted by atomic mass is 16.5. The zero-order valence-corrected chi connectivity index (χ0v) is 22.5. The van der Waals surface area contributed by atoms with Crippen LogP contribution >= 0.6 is 0 Å². The molecule has 0 radical (unpaired) electrons. The van der Waals surface area contributed by atoms with Gasteiger partial charge in [0.25, 0.3) is 0 Å². The summed E-state index contributed by atoms with van der Waals surface area (Å²) >= 11 is 0. The van der Waals surface area contributed by atoms with Crippen LogP contribution in [0, 0.1) is 51.2 Å². The maximum atomic E-state index is 11.6. The lowest BCUT2D eigenvalue weighted by molar-refractivity contribution is -0.156. The molecule has 0 bridgehead atoms. The Labute approximate surface area is 203 Å². The van der Waals surface area contributed by atoms with Crippen LogP contribution in [0.5, 0.6) is 0 Å². The smallest absolute Gasteiger partial charge is 0.302 e. The third kappa shape index (κ3) is 3.27. The monoisotopic (exact) mass is 454 g/mol. The van der Waals surface area contributed by atoms with E-state index in [1.807, 2.05) is 0 Å². The van der Waals surface area contributed by atoms with Crippen LogP contribution < -0.4 is 0 Å². The lowest BCUT2D eigenvalue weighted by atomic mass is 9.43. The van der Waals surface area contributed by atoms with Crippen molar-refractivity contribution < 1.29 is 9.53 Å². The molecule has 2 heteroatoms. The van der Waals surface area contributed by atoms with E-state index in [0.29, 0.717) is 27.6 Å². The molecular weight excluding hydrogens is 404 g/mol. The zero-order chi connectivity index (χ0) is 23.8. The molecule has 2 spiro atoms. The van der Waals surface area contributed by atoms with Crippen molar-refractivity contribution in [2.75, 3.05) is 0 Å². The quantitative estimate of drug-likeness (QED) is 0.298. The zero-order valence-electron chi connectivity index (χ0n) is 22.5. The molecule has 186 valence electrons. The fourth-order valence-electron chi connectivity index (χ4n) is 10.8. The summed E-state index contributed by atoms with van der Waals surface area (Å²) in [5.41, 5.74) is 3.68. The number of hydrogen-bond donors (Lipinski definition) is 0. The summed E-state index contributed by atoms with van der Waals surface area (Å²) in [6, 6.07) is 0. The SMILES string of the molecule is C=C(CC[C@@H](C)[C@H]1CC[C@@]2(C)[C@@H]3CC[C@H]4C[C@@H](OC(C)=O)CC[C@@]45C[C@@]35CC[C@]12C)C(C)C. The topological polar surface area (TPSA) is 26.3 Å². The van der Waals surface area contributed by atoms with Crippen molar-refractivity contribution in [2.24, 2.45) is 51.2 Å². The summed E-state index contributed by atoms with van der Waals surface area (Å²) in [6.07, 6.45) is 16.4. The lowest BCUT2D eigenvalue weighted by Crippen LogP contribution is -2.55. The van der Waals surface area contributed by atoms with Gasteiger partial charge in [-0.25, -0.2) is 0 Å². The number of carbonyl (C=O) groups is 1. The van der Waals surface area contributed by atoms with Gasteiger partial charge in [-0.15, -0.1) is 0 Å². The maximum Gasteiger partial charge on any atom is 0.302 e. The molecule has 5 saturated carbocycles. The van der Waals surface area contributed by atoms with Crippen molar-refractivity contribution in [1.82, 2.24) is 0 Å². The van der Waals surface area contributed by atoms with Gasteiger partial charge in [-0.1, -0.05) is 46.8 Å². The third-order valence-electron chi connectivity index (χ3n) is 12.9. The van der Waals surface area contributed by atoms with Gasteiger partial charge in [0.15, 0.2) is 0 Å². The highest BCUT2D eigenvalue weighted by Crippen LogP contribution is 2.87. The molecule has 9 atom stereocenters. The molecule has 0 N–H and O–H groups in total. The number of carbonyl (C=O) groups excluding carboxylic acids is 1.